The van der Waals surface area contributed by atoms with E-state index in [2.05, 4.69) is 6.58 Å². The first-order valence-corrected chi connectivity index (χ1v) is 6.96. The van der Waals surface area contributed by atoms with E-state index in [1.165, 1.54) is 11.8 Å². The Hall–Kier alpha value is -1.91. The normalized spacial score (nSPS) is 12.1. The molecule has 1 aliphatic rings. The highest BCUT2D eigenvalue weighted by Gasteiger charge is 2.19. The Balaban J connectivity index is 2.01. The summed E-state index contributed by atoms with van der Waals surface area (Å²) < 4.78 is 5.77. The monoisotopic (exact) mass is 304 g/mol. The fourth-order valence-corrected chi connectivity index (χ4v) is 3.13. The van der Waals surface area contributed by atoms with Crippen LogP contribution in [0.2, 0.25) is 5.02 Å². The molecule has 0 saturated carbocycles. The summed E-state index contributed by atoms with van der Waals surface area (Å²) >= 11 is 7.46. The summed E-state index contributed by atoms with van der Waals surface area (Å²) in [4.78, 5) is 12.7. The standard InChI is InChI=1S/C15H9ClO3S/c1-8(15(17)18)9-2-4-11-13(6-9)20-14-7-10(16)3-5-12(14)19-11/h2-7H,1H2,(H,17,18). The van der Waals surface area contributed by atoms with Crippen molar-refractivity contribution in [3.05, 3.63) is 53.6 Å². The Morgan fingerprint density at radius 1 is 1.15 bits per heavy atom. The van der Waals surface area contributed by atoms with E-state index in [0.717, 1.165) is 15.5 Å². The van der Waals surface area contributed by atoms with E-state index in [9.17, 15) is 4.79 Å². The van der Waals surface area contributed by atoms with Gasteiger partial charge in [0, 0.05) is 5.02 Å². The van der Waals surface area contributed by atoms with E-state index in [0.29, 0.717) is 16.3 Å². The maximum absolute atomic E-state index is 11.0. The molecular weight excluding hydrogens is 296 g/mol. The van der Waals surface area contributed by atoms with Crippen LogP contribution in [0.3, 0.4) is 0 Å². The summed E-state index contributed by atoms with van der Waals surface area (Å²) in [5, 5.41) is 9.61. The number of rotatable bonds is 2. The molecule has 100 valence electrons. The molecule has 3 rings (SSSR count). The van der Waals surface area contributed by atoms with Gasteiger partial charge in [0.2, 0.25) is 0 Å². The van der Waals surface area contributed by atoms with Crippen molar-refractivity contribution in [3.63, 3.8) is 0 Å². The fraction of sp³-hybridized carbons (Fsp3) is 0. The van der Waals surface area contributed by atoms with Crippen molar-refractivity contribution in [3.8, 4) is 11.5 Å². The Morgan fingerprint density at radius 3 is 2.50 bits per heavy atom. The van der Waals surface area contributed by atoms with Crippen molar-refractivity contribution in [2.75, 3.05) is 0 Å². The smallest absolute Gasteiger partial charge is 0.335 e. The van der Waals surface area contributed by atoms with Crippen LogP contribution in [0.15, 0.2) is 52.8 Å². The largest absolute Gasteiger partial charge is 0.478 e. The lowest BCUT2D eigenvalue weighted by molar-refractivity contribution is -0.130. The maximum atomic E-state index is 11.0. The van der Waals surface area contributed by atoms with Crippen molar-refractivity contribution in [2.45, 2.75) is 9.79 Å². The number of carboxylic acids is 1. The minimum atomic E-state index is -1.03. The average Bonchev–Trinajstić information content (AvgIpc) is 2.43. The van der Waals surface area contributed by atoms with Crippen molar-refractivity contribution < 1.29 is 14.6 Å². The van der Waals surface area contributed by atoms with Gasteiger partial charge in [-0.3, -0.25) is 0 Å². The molecule has 1 heterocycles. The molecule has 0 radical (unpaired) electrons. The van der Waals surface area contributed by atoms with Gasteiger partial charge in [-0.1, -0.05) is 36.0 Å². The average molecular weight is 305 g/mol. The highest BCUT2D eigenvalue weighted by molar-refractivity contribution is 7.99. The van der Waals surface area contributed by atoms with E-state index in [1.807, 2.05) is 12.1 Å². The lowest BCUT2D eigenvalue weighted by atomic mass is 10.1. The Bertz CT molecular complexity index is 740. The fourth-order valence-electron chi connectivity index (χ4n) is 1.87. The van der Waals surface area contributed by atoms with Crippen molar-refractivity contribution >= 4 is 34.9 Å². The predicted molar refractivity (Wildman–Crippen MR) is 78.8 cm³/mol. The summed E-state index contributed by atoms with van der Waals surface area (Å²) in [6.45, 7) is 3.56. The first-order chi connectivity index (χ1) is 9.54. The molecule has 2 aromatic carbocycles. The van der Waals surface area contributed by atoms with Crippen LogP contribution in [0, 0.1) is 0 Å². The van der Waals surface area contributed by atoms with Crippen molar-refractivity contribution in [1.82, 2.24) is 0 Å². The van der Waals surface area contributed by atoms with Crippen LogP contribution in [0.25, 0.3) is 5.57 Å². The summed E-state index contributed by atoms with van der Waals surface area (Å²) in [7, 11) is 0. The van der Waals surface area contributed by atoms with Gasteiger partial charge in [0.25, 0.3) is 0 Å². The number of carboxylic acid groups (broad SMARTS) is 1. The Morgan fingerprint density at radius 2 is 1.80 bits per heavy atom. The summed E-state index contributed by atoms with van der Waals surface area (Å²) in [5.74, 6) is 0.415. The topological polar surface area (TPSA) is 46.5 Å². The van der Waals surface area contributed by atoms with Gasteiger partial charge in [-0.25, -0.2) is 4.79 Å². The zero-order chi connectivity index (χ0) is 14.3. The molecule has 0 amide bonds. The minimum absolute atomic E-state index is 0.0605. The molecule has 0 saturated heterocycles. The number of hydrogen-bond acceptors (Lipinski definition) is 3. The minimum Gasteiger partial charge on any atom is -0.478 e. The molecular formula is C15H9ClO3S. The van der Waals surface area contributed by atoms with Crippen LogP contribution in [0.1, 0.15) is 5.56 Å². The summed E-state index contributed by atoms with van der Waals surface area (Å²) in [6, 6.07) is 10.6. The van der Waals surface area contributed by atoms with Crippen LogP contribution in [-0.2, 0) is 4.79 Å². The highest BCUT2D eigenvalue weighted by Crippen LogP contribution is 2.48. The molecule has 0 bridgehead atoms. The third kappa shape index (κ3) is 2.28. The van der Waals surface area contributed by atoms with Crippen LogP contribution >= 0.6 is 23.4 Å². The molecule has 1 N–H and O–H groups in total. The Kier molecular flexibility index (Phi) is 3.20. The third-order valence-electron chi connectivity index (χ3n) is 2.90. The van der Waals surface area contributed by atoms with Gasteiger partial charge in [-0.05, 0) is 35.9 Å². The van der Waals surface area contributed by atoms with Crippen molar-refractivity contribution in [2.24, 2.45) is 0 Å². The third-order valence-corrected chi connectivity index (χ3v) is 4.21. The number of carbonyl (C=O) groups is 1. The second kappa shape index (κ2) is 4.89. The van der Waals surface area contributed by atoms with Crippen molar-refractivity contribution in [1.29, 1.82) is 0 Å². The molecule has 0 spiro atoms. The lowest BCUT2D eigenvalue weighted by Gasteiger charge is -2.20. The number of aliphatic carboxylic acids is 1. The predicted octanol–water partition coefficient (Wildman–Crippen LogP) is 4.69. The molecule has 2 aromatic rings. The second-order valence-corrected chi connectivity index (χ2v) is 5.76. The van der Waals surface area contributed by atoms with Gasteiger partial charge < -0.3 is 9.84 Å². The second-order valence-electron chi connectivity index (χ2n) is 4.24. The molecule has 3 nitrogen and oxygen atoms in total. The van der Waals surface area contributed by atoms with Gasteiger partial charge in [0.15, 0.2) is 0 Å². The van der Waals surface area contributed by atoms with Gasteiger partial charge in [-0.15, -0.1) is 0 Å². The quantitative estimate of drug-likeness (QED) is 0.697. The lowest BCUT2D eigenvalue weighted by Crippen LogP contribution is -2.00. The zero-order valence-electron chi connectivity index (χ0n) is 10.2. The first-order valence-electron chi connectivity index (χ1n) is 5.76. The molecule has 0 atom stereocenters. The van der Waals surface area contributed by atoms with E-state index >= 15 is 0 Å². The maximum Gasteiger partial charge on any atom is 0.335 e. The molecule has 0 aromatic heterocycles. The molecule has 1 aliphatic heterocycles. The molecule has 0 fully saturated rings. The summed E-state index contributed by atoms with van der Waals surface area (Å²) in [5.41, 5.74) is 0.628. The van der Waals surface area contributed by atoms with Crippen LogP contribution < -0.4 is 4.74 Å². The molecule has 20 heavy (non-hydrogen) atoms. The van der Waals surface area contributed by atoms with E-state index in [-0.39, 0.29) is 5.57 Å². The van der Waals surface area contributed by atoms with Gasteiger partial charge >= 0.3 is 5.97 Å². The van der Waals surface area contributed by atoms with Gasteiger partial charge in [0.1, 0.15) is 11.5 Å². The number of benzene rings is 2. The van der Waals surface area contributed by atoms with E-state index < -0.39 is 5.97 Å². The first kappa shape index (κ1) is 13.1. The number of ether oxygens (including phenoxy) is 1. The van der Waals surface area contributed by atoms with E-state index in [4.69, 9.17) is 21.4 Å². The van der Waals surface area contributed by atoms with Crippen LogP contribution in [0.4, 0.5) is 0 Å². The zero-order valence-corrected chi connectivity index (χ0v) is 11.8. The van der Waals surface area contributed by atoms with Crippen LogP contribution in [0.5, 0.6) is 11.5 Å². The SMILES string of the molecule is C=C(C(=O)O)c1ccc2c(c1)Sc1cc(Cl)ccc1O2. The number of hydrogen-bond donors (Lipinski definition) is 1. The van der Waals surface area contributed by atoms with E-state index in [1.54, 1.807) is 24.3 Å². The molecule has 5 heteroatoms. The number of halogens is 1. The van der Waals surface area contributed by atoms with Gasteiger partial charge in [0.05, 0.1) is 15.4 Å². The highest BCUT2D eigenvalue weighted by atomic mass is 35.5. The van der Waals surface area contributed by atoms with Crippen LogP contribution in [-0.4, -0.2) is 11.1 Å². The molecule has 0 unspecified atom stereocenters. The Labute approximate surface area is 124 Å². The molecule has 0 aliphatic carbocycles. The number of fused-ring (bicyclic) bond motifs is 2. The van der Waals surface area contributed by atoms with Gasteiger partial charge in [-0.2, -0.15) is 0 Å². The summed E-state index contributed by atoms with van der Waals surface area (Å²) in [6.07, 6.45) is 0.